The Kier molecular flexibility index (Phi) is 5.67. The Labute approximate surface area is 160 Å². The molecule has 0 amide bonds. The van der Waals surface area contributed by atoms with Crippen molar-refractivity contribution in [2.24, 2.45) is 0 Å². The molecule has 0 aliphatic heterocycles. The number of aromatic nitrogens is 3. The molecule has 2 aromatic carbocycles. The van der Waals surface area contributed by atoms with Crippen LogP contribution in [0.2, 0.25) is 0 Å². The van der Waals surface area contributed by atoms with Gasteiger partial charge in [0.15, 0.2) is 0 Å². The predicted molar refractivity (Wildman–Crippen MR) is 105 cm³/mol. The highest BCUT2D eigenvalue weighted by molar-refractivity contribution is 9.10. The maximum Gasteiger partial charge on any atom is 0.203 e. The highest BCUT2D eigenvalue weighted by atomic mass is 79.9. The zero-order valence-corrected chi connectivity index (χ0v) is 16.5. The zero-order chi connectivity index (χ0) is 17.8. The summed E-state index contributed by atoms with van der Waals surface area (Å²) in [5.41, 5.74) is 2.12. The minimum Gasteiger partial charge on any atom is -0.495 e. The van der Waals surface area contributed by atoms with E-state index in [1.165, 1.54) is 5.56 Å². The van der Waals surface area contributed by atoms with Gasteiger partial charge in [-0.05, 0) is 49.1 Å². The minimum atomic E-state index is 0.608. The summed E-state index contributed by atoms with van der Waals surface area (Å²) in [5.74, 6) is 0.765. The number of halogens is 1. The van der Waals surface area contributed by atoms with Crippen molar-refractivity contribution < 1.29 is 4.74 Å². The Balaban J connectivity index is 1.77. The van der Waals surface area contributed by atoms with Gasteiger partial charge in [-0.2, -0.15) is 5.10 Å². The van der Waals surface area contributed by atoms with Gasteiger partial charge in [0, 0.05) is 11.0 Å². The lowest BCUT2D eigenvalue weighted by Crippen LogP contribution is -2.22. The van der Waals surface area contributed by atoms with Crippen LogP contribution in [0.1, 0.15) is 5.56 Å². The lowest BCUT2D eigenvalue weighted by molar-refractivity contribution is 0.244. The first-order valence-corrected chi connectivity index (χ1v) is 8.99. The fourth-order valence-corrected chi connectivity index (χ4v) is 3.12. The van der Waals surface area contributed by atoms with Crippen LogP contribution >= 0.6 is 28.1 Å². The predicted octanol–water partition coefficient (Wildman–Crippen LogP) is 4.26. The molecule has 0 fully saturated rings. The van der Waals surface area contributed by atoms with Gasteiger partial charge in [0.2, 0.25) is 4.77 Å². The molecule has 0 saturated heterocycles. The molecular weight excluding hydrogens is 400 g/mol. The third kappa shape index (κ3) is 4.18. The number of rotatable bonds is 6. The molecule has 0 spiro atoms. The van der Waals surface area contributed by atoms with E-state index in [0.29, 0.717) is 11.4 Å². The summed E-state index contributed by atoms with van der Waals surface area (Å²) >= 11 is 9.05. The smallest absolute Gasteiger partial charge is 0.203 e. The van der Waals surface area contributed by atoms with E-state index in [4.69, 9.17) is 17.0 Å². The maximum atomic E-state index is 5.59. The lowest BCUT2D eigenvalue weighted by Gasteiger charge is -2.16. The summed E-state index contributed by atoms with van der Waals surface area (Å²) in [6.07, 6.45) is 1.73. The quantitative estimate of drug-likeness (QED) is 0.560. The first kappa shape index (κ1) is 17.8. The van der Waals surface area contributed by atoms with E-state index < -0.39 is 0 Å². The molecule has 1 aromatic heterocycles. The van der Waals surface area contributed by atoms with Gasteiger partial charge < -0.3 is 4.74 Å². The summed E-state index contributed by atoms with van der Waals surface area (Å²) in [6, 6.07) is 16.1. The molecule has 0 aliphatic rings. The molecule has 0 radical (unpaired) electrons. The molecule has 7 heteroatoms. The molecule has 0 unspecified atom stereocenters. The largest absolute Gasteiger partial charge is 0.495 e. The monoisotopic (exact) mass is 418 g/mol. The Bertz CT molecular complexity index is 904. The van der Waals surface area contributed by atoms with E-state index in [-0.39, 0.29) is 0 Å². The van der Waals surface area contributed by atoms with E-state index in [2.05, 4.69) is 38.1 Å². The van der Waals surface area contributed by atoms with Crippen LogP contribution in [-0.4, -0.2) is 33.4 Å². The summed E-state index contributed by atoms with van der Waals surface area (Å²) in [5, 5.41) is 4.43. The van der Waals surface area contributed by atoms with Crippen LogP contribution in [0.3, 0.4) is 0 Å². The number of methoxy groups -OCH3 is 1. The van der Waals surface area contributed by atoms with Crippen molar-refractivity contribution in [3.8, 4) is 11.4 Å². The normalized spacial score (nSPS) is 11.0. The molecule has 0 saturated carbocycles. The molecular formula is C18H19BrN4OS. The van der Waals surface area contributed by atoms with Crippen LogP contribution < -0.4 is 4.74 Å². The molecule has 0 N–H and O–H groups in total. The first-order chi connectivity index (χ1) is 12.1. The topological polar surface area (TPSA) is 35.2 Å². The fraction of sp³-hybridized carbons (Fsp3) is 0.222. The third-order valence-electron chi connectivity index (χ3n) is 3.82. The number of para-hydroxylation sites is 2. The van der Waals surface area contributed by atoms with Gasteiger partial charge in [0.1, 0.15) is 12.1 Å². The molecule has 5 nitrogen and oxygen atoms in total. The standard InChI is InChI=1S/C18H19BrN4OS/c1-21(11-14-7-9-15(19)10-8-14)13-23-18(25)22(12-20-23)16-5-3-4-6-17(16)24-2/h3-10,12H,11,13H2,1-2H3. The van der Waals surface area contributed by atoms with Gasteiger partial charge in [-0.25, -0.2) is 4.68 Å². The van der Waals surface area contributed by atoms with E-state index in [1.54, 1.807) is 18.1 Å². The molecule has 3 rings (SSSR count). The highest BCUT2D eigenvalue weighted by Crippen LogP contribution is 2.22. The lowest BCUT2D eigenvalue weighted by atomic mass is 10.2. The SMILES string of the molecule is COc1ccccc1-n1cnn(CN(C)Cc2ccc(Br)cc2)c1=S. The molecule has 25 heavy (non-hydrogen) atoms. The van der Waals surface area contributed by atoms with Crippen LogP contribution in [0.25, 0.3) is 5.69 Å². The van der Waals surface area contributed by atoms with E-state index in [9.17, 15) is 0 Å². The highest BCUT2D eigenvalue weighted by Gasteiger charge is 2.10. The van der Waals surface area contributed by atoms with Crippen LogP contribution in [0.15, 0.2) is 59.3 Å². The van der Waals surface area contributed by atoms with E-state index >= 15 is 0 Å². The minimum absolute atomic E-state index is 0.608. The summed E-state index contributed by atoms with van der Waals surface area (Å²) in [6.45, 7) is 1.42. The molecule has 0 atom stereocenters. The number of benzene rings is 2. The first-order valence-electron chi connectivity index (χ1n) is 7.79. The Morgan fingerprint density at radius 3 is 2.60 bits per heavy atom. The zero-order valence-electron chi connectivity index (χ0n) is 14.1. The van der Waals surface area contributed by atoms with Crippen LogP contribution in [0.4, 0.5) is 0 Å². The van der Waals surface area contributed by atoms with Crippen LogP contribution in [0.5, 0.6) is 5.75 Å². The van der Waals surface area contributed by atoms with Gasteiger partial charge in [-0.3, -0.25) is 9.47 Å². The van der Waals surface area contributed by atoms with Crippen LogP contribution in [-0.2, 0) is 13.2 Å². The average molecular weight is 419 g/mol. The van der Waals surface area contributed by atoms with Gasteiger partial charge >= 0.3 is 0 Å². The average Bonchev–Trinajstić information content (AvgIpc) is 2.97. The third-order valence-corrected chi connectivity index (χ3v) is 4.76. The summed E-state index contributed by atoms with van der Waals surface area (Å²) in [4.78, 5) is 2.17. The van der Waals surface area contributed by atoms with Crippen molar-refractivity contribution in [1.29, 1.82) is 0 Å². The van der Waals surface area contributed by atoms with Gasteiger partial charge in [-0.15, -0.1) is 0 Å². The number of ether oxygens (including phenoxy) is 1. The molecule has 130 valence electrons. The van der Waals surface area contributed by atoms with Gasteiger partial charge in [0.05, 0.1) is 19.5 Å². The van der Waals surface area contributed by atoms with E-state index in [1.807, 2.05) is 48.0 Å². The molecule has 0 aliphatic carbocycles. The Morgan fingerprint density at radius 1 is 1.16 bits per heavy atom. The summed E-state index contributed by atoms with van der Waals surface area (Å²) < 4.78 is 10.8. The molecule has 1 heterocycles. The fourth-order valence-electron chi connectivity index (χ4n) is 2.61. The van der Waals surface area contributed by atoms with Crippen molar-refractivity contribution in [1.82, 2.24) is 19.2 Å². The summed E-state index contributed by atoms with van der Waals surface area (Å²) in [7, 11) is 3.70. The molecule has 3 aromatic rings. The van der Waals surface area contributed by atoms with Crippen molar-refractivity contribution in [3.05, 3.63) is 69.7 Å². The second-order valence-electron chi connectivity index (χ2n) is 5.74. The maximum absolute atomic E-state index is 5.59. The van der Waals surface area contributed by atoms with E-state index in [0.717, 1.165) is 22.5 Å². The second kappa shape index (κ2) is 7.95. The Hall–Kier alpha value is -1.96. The van der Waals surface area contributed by atoms with Crippen molar-refractivity contribution in [2.45, 2.75) is 13.2 Å². The Morgan fingerprint density at radius 2 is 1.88 bits per heavy atom. The number of hydrogen-bond acceptors (Lipinski definition) is 4. The number of nitrogens with zero attached hydrogens (tertiary/aromatic N) is 4. The van der Waals surface area contributed by atoms with Crippen molar-refractivity contribution in [3.63, 3.8) is 0 Å². The van der Waals surface area contributed by atoms with Crippen molar-refractivity contribution >= 4 is 28.1 Å². The number of hydrogen-bond donors (Lipinski definition) is 0. The second-order valence-corrected chi connectivity index (χ2v) is 7.02. The molecule has 0 bridgehead atoms. The van der Waals surface area contributed by atoms with Gasteiger partial charge in [0.25, 0.3) is 0 Å². The van der Waals surface area contributed by atoms with Crippen LogP contribution in [0, 0.1) is 4.77 Å². The van der Waals surface area contributed by atoms with Gasteiger partial charge in [-0.1, -0.05) is 40.2 Å². The van der Waals surface area contributed by atoms with Crippen molar-refractivity contribution in [2.75, 3.05) is 14.2 Å².